The van der Waals surface area contributed by atoms with Gasteiger partial charge in [0.25, 0.3) is 0 Å². The summed E-state index contributed by atoms with van der Waals surface area (Å²) >= 11 is 1.59. The Bertz CT molecular complexity index is 2340. The van der Waals surface area contributed by atoms with Crippen LogP contribution < -0.4 is 5.32 Å². The monoisotopic (exact) mass is 837 g/mol. The second-order valence-electron chi connectivity index (χ2n) is 16.1. The largest absolute Gasteiger partial charge is 0.453 e. The molecule has 5 aromatic rings. The Balaban J connectivity index is 0.880. The average molecular weight is 838 g/mol. The number of carbonyl (C=O) groups is 3. The van der Waals surface area contributed by atoms with Gasteiger partial charge in [-0.1, -0.05) is 92.7 Å². The maximum atomic E-state index is 14.3. The third-order valence-electron chi connectivity index (χ3n) is 12.5. The van der Waals surface area contributed by atoms with Crippen LogP contribution in [0.2, 0.25) is 0 Å². The number of nitrogens with one attached hydrogen (secondary N) is 2. The first-order chi connectivity index (χ1) is 29.8. The topological polar surface area (TPSA) is 123 Å². The Morgan fingerprint density at radius 1 is 0.869 bits per heavy atom. The summed E-state index contributed by atoms with van der Waals surface area (Å²) in [6.07, 6.45) is 8.40. The number of allylic oxidation sites excluding steroid dienone is 1. The van der Waals surface area contributed by atoms with E-state index in [0.717, 1.165) is 102 Å². The molecule has 0 saturated carbocycles. The molecular formula is C49H55N7O4S. The number of imidazole rings is 1. The van der Waals surface area contributed by atoms with E-state index in [4.69, 9.17) is 14.7 Å². The van der Waals surface area contributed by atoms with Gasteiger partial charge in [0.05, 0.1) is 31.1 Å². The van der Waals surface area contributed by atoms with Crippen LogP contribution in [0, 0.1) is 0 Å². The Morgan fingerprint density at radius 2 is 1.54 bits per heavy atom. The molecule has 3 aliphatic heterocycles. The number of H-pyrrole nitrogens is 1. The number of hydrogen-bond donors (Lipinski definition) is 2. The first kappa shape index (κ1) is 41.9. The highest BCUT2D eigenvalue weighted by atomic mass is 32.1. The Hall–Kier alpha value is -5.85. The lowest BCUT2D eigenvalue weighted by Crippen LogP contribution is -2.47. The molecule has 3 aromatic carbocycles. The van der Waals surface area contributed by atoms with Crippen LogP contribution in [0.15, 0.2) is 113 Å². The summed E-state index contributed by atoms with van der Waals surface area (Å²) < 4.78 is 4.85. The number of alkyl carbamates (subject to hydrolysis) is 1. The van der Waals surface area contributed by atoms with E-state index < -0.39 is 6.09 Å². The van der Waals surface area contributed by atoms with Gasteiger partial charge in [0.2, 0.25) is 11.8 Å². The van der Waals surface area contributed by atoms with E-state index in [-0.39, 0.29) is 42.4 Å². The quantitative estimate of drug-likeness (QED) is 0.109. The lowest BCUT2D eigenvalue weighted by Gasteiger charge is -2.35. The SMILES string of the molecule is CCN(CC)[C@@H](C(=O)N1CCC[C@H]1C1=NC=C(c2ccc(-c3ccc(-c4cnc([C@@H]5CCCN5C(=O)C[C@@H](Cc5ccsc5)NC(=O)OC)[nH]4)cc3)cc2)C1)c1ccccc1. The van der Waals surface area contributed by atoms with Crippen LogP contribution in [0.25, 0.3) is 28.0 Å². The molecule has 2 fully saturated rings. The molecule has 61 heavy (non-hydrogen) atoms. The number of methoxy groups -OCH3 is 1. The van der Waals surface area contributed by atoms with Gasteiger partial charge in [-0.15, -0.1) is 0 Å². The zero-order valence-corrected chi connectivity index (χ0v) is 36.1. The molecule has 0 unspecified atom stereocenters. The Kier molecular flexibility index (Phi) is 13.2. The second-order valence-corrected chi connectivity index (χ2v) is 16.9. The van der Waals surface area contributed by atoms with Gasteiger partial charge in [-0.2, -0.15) is 11.3 Å². The number of rotatable bonds is 15. The maximum Gasteiger partial charge on any atom is 0.407 e. The van der Waals surface area contributed by atoms with E-state index in [1.807, 2.05) is 52.3 Å². The smallest absolute Gasteiger partial charge is 0.407 e. The molecule has 3 aliphatic rings. The molecule has 316 valence electrons. The highest BCUT2D eigenvalue weighted by Crippen LogP contribution is 2.35. The lowest BCUT2D eigenvalue weighted by molar-refractivity contribution is -0.137. The van der Waals surface area contributed by atoms with Crippen molar-refractivity contribution >= 4 is 40.5 Å². The number of likely N-dealkylation sites (tertiary alicyclic amines) is 2. The zero-order valence-electron chi connectivity index (χ0n) is 35.3. The normalized spacial score (nSPS) is 18.6. The molecule has 11 nitrogen and oxygen atoms in total. The standard InChI is InChI=1S/C49H55N7O4S/c1-4-54(5-2)46(38-11-7-6-8-12-38)48(58)56-25-9-13-43(56)41-28-39(30-50-41)36-17-15-34(16-18-36)35-19-21-37(22-20-35)42-31-51-47(53-42)44-14-10-24-55(44)45(57)29-40(52-49(59)60-3)27-33-23-26-61-32-33/h6-8,11-12,15-23,26,30-32,40,43-44,46H,4-5,9-10,13-14,24-25,27-29H2,1-3H3,(H,51,53)(H,52,59)/t40-,43+,44+,46-/m1/s1. The van der Waals surface area contributed by atoms with Crippen molar-refractivity contribution in [1.82, 2.24) is 30.0 Å². The molecule has 3 amide bonds. The van der Waals surface area contributed by atoms with E-state index in [2.05, 4.69) is 94.6 Å². The number of aliphatic imine (C=N–C) groups is 1. The number of thiophene rings is 1. The van der Waals surface area contributed by atoms with Crippen molar-refractivity contribution in [1.29, 1.82) is 0 Å². The van der Waals surface area contributed by atoms with Crippen molar-refractivity contribution in [3.8, 4) is 22.4 Å². The summed E-state index contributed by atoms with van der Waals surface area (Å²) in [5.74, 6) is 0.929. The number of ether oxygens (including phenoxy) is 1. The van der Waals surface area contributed by atoms with E-state index >= 15 is 0 Å². The van der Waals surface area contributed by atoms with Crippen LogP contribution in [0.3, 0.4) is 0 Å². The lowest BCUT2D eigenvalue weighted by atomic mass is 9.96. The summed E-state index contributed by atoms with van der Waals surface area (Å²) in [4.78, 5) is 59.4. The van der Waals surface area contributed by atoms with Gasteiger partial charge < -0.3 is 24.8 Å². The number of benzene rings is 3. The van der Waals surface area contributed by atoms with Crippen molar-refractivity contribution in [3.05, 3.63) is 131 Å². The van der Waals surface area contributed by atoms with Gasteiger partial charge in [0.15, 0.2) is 0 Å². The van der Waals surface area contributed by atoms with Crippen LogP contribution in [-0.4, -0.2) is 93.7 Å². The van der Waals surface area contributed by atoms with Crippen molar-refractivity contribution in [2.24, 2.45) is 4.99 Å². The summed E-state index contributed by atoms with van der Waals surface area (Å²) in [6.45, 7) is 7.27. The Labute approximate surface area is 362 Å². The molecule has 0 aliphatic carbocycles. The Morgan fingerprint density at radius 3 is 2.21 bits per heavy atom. The highest BCUT2D eigenvalue weighted by Gasteiger charge is 2.39. The maximum absolute atomic E-state index is 14.3. The number of hydrogen-bond acceptors (Lipinski definition) is 8. The molecule has 8 rings (SSSR count). The number of aromatic amines is 1. The minimum absolute atomic E-state index is 0.0137. The first-order valence-corrected chi connectivity index (χ1v) is 22.5. The summed E-state index contributed by atoms with van der Waals surface area (Å²) in [6, 6.07) is 28.5. The van der Waals surface area contributed by atoms with Gasteiger partial charge >= 0.3 is 6.09 Å². The van der Waals surface area contributed by atoms with Crippen molar-refractivity contribution in [2.45, 2.75) is 83.0 Å². The summed E-state index contributed by atoms with van der Waals surface area (Å²) in [5, 5.41) is 6.88. The predicted molar refractivity (Wildman–Crippen MR) is 242 cm³/mol. The molecule has 12 heteroatoms. The number of nitrogens with zero attached hydrogens (tertiary/aromatic N) is 5. The molecule has 0 radical (unpaired) electrons. The summed E-state index contributed by atoms with van der Waals surface area (Å²) in [5.41, 5.74) is 9.66. The average Bonchev–Trinajstić information content (AvgIpc) is 4.16. The third-order valence-corrected chi connectivity index (χ3v) is 13.2. The van der Waals surface area contributed by atoms with Crippen molar-refractivity contribution in [3.63, 3.8) is 0 Å². The molecular weight excluding hydrogens is 783 g/mol. The summed E-state index contributed by atoms with van der Waals surface area (Å²) in [7, 11) is 1.33. The molecule has 2 aromatic heterocycles. The molecule has 2 N–H and O–H groups in total. The van der Waals surface area contributed by atoms with E-state index in [1.165, 1.54) is 12.7 Å². The fraction of sp³-hybridized carbons (Fsp3) is 0.367. The molecule has 4 atom stereocenters. The minimum atomic E-state index is -0.540. The van der Waals surface area contributed by atoms with Gasteiger partial charge in [0, 0.05) is 43.9 Å². The van der Waals surface area contributed by atoms with Gasteiger partial charge in [-0.25, -0.2) is 9.78 Å². The van der Waals surface area contributed by atoms with Crippen LogP contribution in [0.4, 0.5) is 4.79 Å². The molecule has 5 heterocycles. The molecule has 2 saturated heterocycles. The molecule has 0 spiro atoms. The number of likely N-dealkylation sites (N-methyl/N-ethyl adjacent to an activating group) is 1. The predicted octanol–water partition coefficient (Wildman–Crippen LogP) is 9.09. The van der Waals surface area contributed by atoms with Crippen LogP contribution in [0.5, 0.6) is 0 Å². The fourth-order valence-electron chi connectivity index (χ4n) is 9.24. The number of amides is 3. The molecule has 0 bridgehead atoms. The van der Waals surface area contributed by atoms with E-state index in [0.29, 0.717) is 13.0 Å². The van der Waals surface area contributed by atoms with Crippen LogP contribution in [0.1, 0.15) is 87.0 Å². The van der Waals surface area contributed by atoms with Crippen molar-refractivity contribution < 1.29 is 19.1 Å². The van der Waals surface area contributed by atoms with E-state index in [9.17, 15) is 14.4 Å². The highest BCUT2D eigenvalue weighted by molar-refractivity contribution is 7.07. The minimum Gasteiger partial charge on any atom is -0.453 e. The second kappa shape index (κ2) is 19.2. The van der Waals surface area contributed by atoms with Gasteiger partial charge in [-0.3, -0.25) is 19.5 Å². The number of aromatic nitrogens is 2. The van der Waals surface area contributed by atoms with Crippen LogP contribution in [-0.2, 0) is 20.7 Å². The van der Waals surface area contributed by atoms with Gasteiger partial charge in [0.1, 0.15) is 11.9 Å². The van der Waals surface area contributed by atoms with Gasteiger partial charge in [-0.05, 0) is 101 Å². The third kappa shape index (κ3) is 9.40. The first-order valence-electron chi connectivity index (χ1n) is 21.6. The van der Waals surface area contributed by atoms with E-state index in [1.54, 1.807) is 11.3 Å². The van der Waals surface area contributed by atoms with Crippen molar-refractivity contribution in [2.75, 3.05) is 33.3 Å². The zero-order chi connectivity index (χ0) is 42.3. The van der Waals surface area contributed by atoms with Crippen LogP contribution >= 0.6 is 11.3 Å². The number of carbonyl (C=O) groups excluding carboxylic acids is 3. The fourth-order valence-corrected chi connectivity index (χ4v) is 9.92.